The average Bonchev–Trinajstić information content (AvgIpc) is 2.73. The fraction of sp³-hybridized carbons (Fsp3) is 0.250. The number of hydrogen-bond donors (Lipinski definition) is 1. The number of hydrogen-bond acceptors (Lipinski definition) is 4. The van der Waals surface area contributed by atoms with Crippen molar-refractivity contribution in [3.8, 4) is 17.6 Å². The fourth-order valence-electron chi connectivity index (χ4n) is 3.15. The lowest BCUT2D eigenvalue weighted by Gasteiger charge is -2.14. The molecule has 3 aromatic rings. The third-order valence-corrected chi connectivity index (χ3v) is 4.55. The Morgan fingerprint density at radius 1 is 1.03 bits per heavy atom. The third-order valence-electron chi connectivity index (χ3n) is 4.55. The minimum absolute atomic E-state index is 0.120. The van der Waals surface area contributed by atoms with Crippen molar-refractivity contribution >= 4 is 16.7 Å². The van der Waals surface area contributed by atoms with Gasteiger partial charge in [0.2, 0.25) is 5.91 Å². The maximum atomic E-state index is 11.4. The van der Waals surface area contributed by atoms with Crippen LogP contribution in [0.15, 0.2) is 60.7 Å². The van der Waals surface area contributed by atoms with Gasteiger partial charge in [0.15, 0.2) is 11.5 Å². The smallest absolute Gasteiger partial charge is 0.234 e. The minimum atomic E-state index is -0.257. The van der Waals surface area contributed by atoms with Gasteiger partial charge >= 0.3 is 0 Å². The Morgan fingerprint density at radius 3 is 2.69 bits per heavy atom. The Kier molecular flexibility index (Phi) is 7.07. The van der Waals surface area contributed by atoms with Gasteiger partial charge in [-0.25, -0.2) is 0 Å². The van der Waals surface area contributed by atoms with Crippen molar-refractivity contribution in [1.82, 2.24) is 5.32 Å². The van der Waals surface area contributed by atoms with Crippen LogP contribution in [0.5, 0.6) is 11.5 Å². The third kappa shape index (κ3) is 5.49. The number of fused-ring (bicyclic) bond motifs is 1. The molecule has 29 heavy (non-hydrogen) atoms. The van der Waals surface area contributed by atoms with E-state index in [4.69, 9.17) is 14.7 Å². The van der Waals surface area contributed by atoms with Crippen LogP contribution in [-0.2, 0) is 17.8 Å². The molecule has 5 heteroatoms. The summed E-state index contributed by atoms with van der Waals surface area (Å²) in [7, 11) is 0. The van der Waals surface area contributed by atoms with Gasteiger partial charge in [0.25, 0.3) is 0 Å². The normalized spacial score (nSPS) is 10.3. The maximum Gasteiger partial charge on any atom is 0.234 e. The van der Waals surface area contributed by atoms with Gasteiger partial charge in [-0.3, -0.25) is 4.79 Å². The van der Waals surface area contributed by atoms with Crippen LogP contribution in [0.25, 0.3) is 10.8 Å². The molecule has 1 amide bonds. The highest BCUT2D eigenvalue weighted by atomic mass is 16.5. The van der Waals surface area contributed by atoms with Crippen molar-refractivity contribution in [2.75, 3.05) is 13.2 Å². The van der Waals surface area contributed by atoms with Gasteiger partial charge in [-0.15, -0.1) is 0 Å². The highest BCUT2D eigenvalue weighted by molar-refractivity contribution is 5.85. The average molecular weight is 388 g/mol. The van der Waals surface area contributed by atoms with Crippen molar-refractivity contribution in [1.29, 1.82) is 5.26 Å². The van der Waals surface area contributed by atoms with E-state index >= 15 is 0 Å². The lowest BCUT2D eigenvalue weighted by Crippen LogP contribution is -2.24. The van der Waals surface area contributed by atoms with Crippen LogP contribution in [0, 0.1) is 11.3 Å². The predicted molar refractivity (Wildman–Crippen MR) is 113 cm³/mol. The van der Waals surface area contributed by atoms with Gasteiger partial charge in [-0.05, 0) is 47.4 Å². The number of carbonyl (C=O) groups excluding carboxylic acids is 1. The second-order valence-electron chi connectivity index (χ2n) is 6.58. The summed E-state index contributed by atoms with van der Waals surface area (Å²) in [6, 6.07) is 22.1. The second kappa shape index (κ2) is 10.1. The zero-order valence-corrected chi connectivity index (χ0v) is 16.5. The summed E-state index contributed by atoms with van der Waals surface area (Å²) in [6.45, 7) is 3.39. The number of nitrogens with one attached hydrogen (secondary N) is 1. The summed E-state index contributed by atoms with van der Waals surface area (Å²) >= 11 is 0. The number of nitrogens with zero attached hydrogens (tertiary/aromatic N) is 1. The predicted octanol–water partition coefficient (Wildman–Crippen LogP) is 4.39. The van der Waals surface area contributed by atoms with E-state index in [-0.39, 0.29) is 12.3 Å². The van der Waals surface area contributed by atoms with E-state index in [2.05, 4.69) is 29.6 Å². The molecule has 0 saturated carbocycles. The fourth-order valence-corrected chi connectivity index (χ4v) is 3.15. The lowest BCUT2D eigenvalue weighted by molar-refractivity contribution is -0.120. The van der Waals surface area contributed by atoms with Crippen LogP contribution in [0.3, 0.4) is 0 Å². The zero-order chi connectivity index (χ0) is 20.5. The summed E-state index contributed by atoms with van der Waals surface area (Å²) in [5.74, 6) is 1.12. The molecule has 1 N–H and O–H groups in total. The molecule has 5 nitrogen and oxygen atoms in total. The lowest BCUT2D eigenvalue weighted by atomic mass is 10.1. The van der Waals surface area contributed by atoms with Crippen LogP contribution in [0.4, 0.5) is 0 Å². The van der Waals surface area contributed by atoms with Crippen LogP contribution in [-0.4, -0.2) is 19.1 Å². The van der Waals surface area contributed by atoms with E-state index in [0.29, 0.717) is 37.7 Å². The van der Waals surface area contributed by atoms with Gasteiger partial charge < -0.3 is 14.8 Å². The molecule has 0 saturated heterocycles. The number of ether oxygens (including phenoxy) is 2. The first-order valence-corrected chi connectivity index (χ1v) is 9.70. The second-order valence-corrected chi connectivity index (χ2v) is 6.58. The Balaban J connectivity index is 1.68. The molecule has 0 aliphatic heterocycles. The van der Waals surface area contributed by atoms with Gasteiger partial charge in [0.1, 0.15) is 13.0 Å². The number of benzene rings is 3. The van der Waals surface area contributed by atoms with Crippen LogP contribution in [0.2, 0.25) is 0 Å². The Labute approximate surface area is 170 Å². The molecule has 3 aromatic carbocycles. The van der Waals surface area contributed by atoms with Crippen molar-refractivity contribution in [2.24, 2.45) is 0 Å². The number of nitriles is 1. The highest BCUT2D eigenvalue weighted by Gasteiger charge is 2.09. The molecular formula is C24H24N2O3. The summed E-state index contributed by atoms with van der Waals surface area (Å²) in [4.78, 5) is 11.4. The van der Waals surface area contributed by atoms with Gasteiger partial charge in [0.05, 0.1) is 12.7 Å². The van der Waals surface area contributed by atoms with E-state index in [1.54, 1.807) is 0 Å². The van der Waals surface area contributed by atoms with Crippen molar-refractivity contribution in [2.45, 2.75) is 26.4 Å². The highest BCUT2D eigenvalue weighted by Crippen LogP contribution is 2.30. The molecule has 0 radical (unpaired) electrons. The molecule has 148 valence electrons. The number of rotatable bonds is 9. The van der Waals surface area contributed by atoms with Crippen LogP contribution >= 0.6 is 0 Å². The topological polar surface area (TPSA) is 71.3 Å². The number of carbonyl (C=O) groups is 1. The van der Waals surface area contributed by atoms with Gasteiger partial charge in [-0.1, -0.05) is 48.5 Å². The molecule has 0 spiro atoms. The molecule has 0 aliphatic carbocycles. The molecule has 0 bridgehead atoms. The first-order chi connectivity index (χ1) is 14.2. The van der Waals surface area contributed by atoms with Crippen LogP contribution in [0.1, 0.15) is 24.5 Å². The summed E-state index contributed by atoms with van der Waals surface area (Å²) in [5, 5.41) is 13.6. The Morgan fingerprint density at radius 2 is 1.86 bits per heavy atom. The van der Waals surface area contributed by atoms with Crippen molar-refractivity contribution in [3.05, 3.63) is 71.8 Å². The van der Waals surface area contributed by atoms with Gasteiger partial charge in [-0.2, -0.15) is 5.26 Å². The summed E-state index contributed by atoms with van der Waals surface area (Å²) in [6.07, 6.45) is 0.534. The van der Waals surface area contributed by atoms with E-state index < -0.39 is 0 Å². The molecule has 0 atom stereocenters. The monoisotopic (exact) mass is 388 g/mol. The summed E-state index contributed by atoms with van der Waals surface area (Å²) in [5.41, 5.74) is 2.15. The van der Waals surface area contributed by atoms with Crippen molar-refractivity contribution in [3.63, 3.8) is 0 Å². The summed E-state index contributed by atoms with van der Waals surface area (Å²) < 4.78 is 11.8. The molecule has 0 aliphatic rings. The molecule has 0 aromatic heterocycles. The Bertz CT molecular complexity index is 1020. The maximum absolute atomic E-state index is 11.4. The quantitative estimate of drug-likeness (QED) is 0.590. The molecule has 0 heterocycles. The van der Waals surface area contributed by atoms with Crippen molar-refractivity contribution < 1.29 is 14.3 Å². The zero-order valence-electron chi connectivity index (χ0n) is 16.5. The molecule has 0 fully saturated rings. The Hall–Kier alpha value is -3.52. The van der Waals surface area contributed by atoms with Gasteiger partial charge in [0, 0.05) is 6.54 Å². The van der Waals surface area contributed by atoms with E-state index in [1.807, 2.05) is 49.4 Å². The molecule has 3 rings (SSSR count). The standard InChI is InChI=1S/C24H24N2O3/c1-2-28-23-16-18(13-15-26-24(27)12-14-25)10-11-22(23)29-17-20-8-5-7-19-6-3-4-9-21(19)20/h3-11,16H,2,12-13,15,17H2,1H3,(H,26,27). The van der Waals surface area contributed by atoms with Crippen LogP contribution < -0.4 is 14.8 Å². The molecular weight excluding hydrogens is 364 g/mol. The molecule has 0 unspecified atom stereocenters. The first-order valence-electron chi connectivity index (χ1n) is 9.70. The van der Waals surface area contributed by atoms with E-state index in [9.17, 15) is 4.79 Å². The number of amides is 1. The minimum Gasteiger partial charge on any atom is -0.490 e. The van der Waals surface area contributed by atoms with E-state index in [0.717, 1.165) is 11.1 Å². The van der Waals surface area contributed by atoms with E-state index in [1.165, 1.54) is 10.8 Å². The first kappa shape index (κ1) is 20.2. The SMILES string of the molecule is CCOc1cc(CCNC(=O)CC#N)ccc1OCc1cccc2ccccc12. The largest absolute Gasteiger partial charge is 0.490 e.